The molecule has 1 amide bonds. The smallest absolute Gasteiger partial charge is 0.253 e. The Morgan fingerprint density at radius 1 is 1.30 bits per heavy atom. The lowest BCUT2D eigenvalue weighted by Gasteiger charge is -2.38. The summed E-state index contributed by atoms with van der Waals surface area (Å²) in [5.41, 5.74) is 2.59. The topological polar surface area (TPSA) is 79.6 Å². The zero-order chi connectivity index (χ0) is 18.8. The van der Waals surface area contributed by atoms with Crippen LogP contribution in [0.1, 0.15) is 34.8 Å². The summed E-state index contributed by atoms with van der Waals surface area (Å²) in [4.78, 5) is 15.4. The monoisotopic (exact) mass is 370 g/mol. The summed E-state index contributed by atoms with van der Waals surface area (Å²) >= 11 is 0. The number of benzene rings is 1. The number of hydrogen-bond donors (Lipinski definition) is 2. The molecule has 2 fully saturated rings. The van der Waals surface area contributed by atoms with Crippen molar-refractivity contribution in [2.45, 2.75) is 25.0 Å². The van der Waals surface area contributed by atoms with Crippen LogP contribution in [-0.2, 0) is 11.8 Å². The Hall–Kier alpha value is -2.38. The van der Waals surface area contributed by atoms with E-state index in [0.717, 1.165) is 24.3 Å². The zero-order valence-corrected chi connectivity index (χ0v) is 15.5. The van der Waals surface area contributed by atoms with Gasteiger partial charge in [-0.2, -0.15) is 5.10 Å². The lowest BCUT2D eigenvalue weighted by atomic mass is 9.75. The molecule has 2 heterocycles. The Balaban J connectivity index is 1.56. The number of carbonyl (C=O) groups is 1. The highest BCUT2D eigenvalue weighted by atomic mass is 16.5. The summed E-state index contributed by atoms with van der Waals surface area (Å²) < 4.78 is 7.18. The number of rotatable bonds is 5. The number of para-hydroxylation sites is 1. The van der Waals surface area contributed by atoms with Crippen LogP contribution in [0.25, 0.3) is 0 Å². The van der Waals surface area contributed by atoms with Gasteiger partial charge in [0, 0.05) is 37.6 Å². The molecule has 1 aliphatic heterocycles. The van der Waals surface area contributed by atoms with Crippen molar-refractivity contribution in [3.05, 3.63) is 47.8 Å². The van der Waals surface area contributed by atoms with Gasteiger partial charge in [-0.15, -0.1) is 0 Å². The Morgan fingerprint density at radius 2 is 2.04 bits per heavy atom. The van der Waals surface area contributed by atoms with E-state index in [9.17, 15) is 9.90 Å². The molecule has 0 spiro atoms. The molecular weight excluding hydrogens is 344 g/mol. The van der Waals surface area contributed by atoms with Crippen LogP contribution in [0.2, 0.25) is 0 Å². The minimum absolute atomic E-state index is 0.0904. The third-order valence-corrected chi connectivity index (χ3v) is 5.49. The molecule has 27 heavy (non-hydrogen) atoms. The van der Waals surface area contributed by atoms with Crippen LogP contribution >= 0.6 is 0 Å². The fraction of sp³-hybridized carbons (Fsp3) is 0.500. The predicted molar refractivity (Wildman–Crippen MR) is 102 cm³/mol. The van der Waals surface area contributed by atoms with Gasteiger partial charge >= 0.3 is 0 Å². The molecule has 1 aromatic heterocycles. The lowest BCUT2D eigenvalue weighted by Crippen LogP contribution is -2.42. The van der Waals surface area contributed by atoms with Gasteiger partial charge in [0.15, 0.2) is 0 Å². The minimum Gasteiger partial charge on any atom is -0.393 e. The third-order valence-electron chi connectivity index (χ3n) is 5.49. The fourth-order valence-electron chi connectivity index (χ4n) is 3.94. The van der Waals surface area contributed by atoms with E-state index in [4.69, 9.17) is 4.74 Å². The molecule has 0 radical (unpaired) electrons. The number of aryl methyl sites for hydroxylation is 1. The molecule has 4 rings (SSSR count). The first-order valence-corrected chi connectivity index (χ1v) is 9.51. The number of aromatic nitrogens is 2. The average Bonchev–Trinajstić information content (AvgIpc) is 3.10. The van der Waals surface area contributed by atoms with E-state index in [1.54, 1.807) is 10.9 Å². The second-order valence-corrected chi connectivity index (χ2v) is 7.40. The highest BCUT2D eigenvalue weighted by Gasteiger charge is 2.36. The van der Waals surface area contributed by atoms with Crippen LogP contribution < -0.4 is 10.2 Å². The lowest BCUT2D eigenvalue weighted by molar-refractivity contribution is 0.0235. The maximum atomic E-state index is 13.2. The maximum absolute atomic E-state index is 13.2. The average molecular weight is 370 g/mol. The van der Waals surface area contributed by atoms with Crippen LogP contribution in [0.15, 0.2) is 36.7 Å². The molecule has 1 saturated carbocycles. The molecule has 0 bridgehead atoms. The van der Waals surface area contributed by atoms with Crippen molar-refractivity contribution in [3.8, 4) is 0 Å². The van der Waals surface area contributed by atoms with E-state index in [1.165, 1.54) is 0 Å². The second kappa shape index (κ2) is 7.70. The van der Waals surface area contributed by atoms with E-state index in [2.05, 4.69) is 15.3 Å². The largest absolute Gasteiger partial charge is 0.393 e. The van der Waals surface area contributed by atoms with Gasteiger partial charge in [0.1, 0.15) is 0 Å². The van der Waals surface area contributed by atoms with E-state index in [-0.39, 0.29) is 24.0 Å². The molecule has 2 aliphatic rings. The van der Waals surface area contributed by atoms with Gasteiger partial charge in [-0.3, -0.25) is 9.48 Å². The molecular formula is C20H26N4O3. The van der Waals surface area contributed by atoms with Crippen molar-refractivity contribution < 1.29 is 14.6 Å². The molecule has 1 aromatic carbocycles. The summed E-state index contributed by atoms with van der Waals surface area (Å²) in [5, 5.41) is 17.2. The quantitative estimate of drug-likeness (QED) is 0.834. The van der Waals surface area contributed by atoms with Crippen LogP contribution in [0, 0.1) is 5.92 Å². The Bertz CT molecular complexity index is 794. The normalized spacial score (nSPS) is 23.6. The summed E-state index contributed by atoms with van der Waals surface area (Å²) in [6.07, 6.45) is 4.86. The summed E-state index contributed by atoms with van der Waals surface area (Å²) in [6.45, 7) is 2.92. The molecule has 7 heteroatoms. The molecule has 1 aliphatic carbocycles. The van der Waals surface area contributed by atoms with Gasteiger partial charge in [-0.05, 0) is 30.9 Å². The van der Waals surface area contributed by atoms with Crippen molar-refractivity contribution in [1.29, 1.82) is 0 Å². The van der Waals surface area contributed by atoms with Crippen LogP contribution in [0.4, 0.5) is 5.69 Å². The van der Waals surface area contributed by atoms with Gasteiger partial charge in [0.05, 0.1) is 37.1 Å². The Kier molecular flexibility index (Phi) is 5.13. The van der Waals surface area contributed by atoms with E-state index in [0.29, 0.717) is 31.6 Å². The van der Waals surface area contributed by atoms with Crippen LogP contribution in [0.5, 0.6) is 0 Å². The molecule has 144 valence electrons. The summed E-state index contributed by atoms with van der Waals surface area (Å²) in [5.74, 6) is 0.135. The number of nitrogens with zero attached hydrogens (tertiary/aromatic N) is 3. The Labute approximate surface area is 158 Å². The third kappa shape index (κ3) is 3.84. The molecule has 2 N–H and O–H groups in total. The first-order chi connectivity index (χ1) is 13.1. The Morgan fingerprint density at radius 3 is 2.70 bits per heavy atom. The first kappa shape index (κ1) is 18.0. The van der Waals surface area contributed by atoms with Crippen molar-refractivity contribution in [2.75, 3.05) is 31.2 Å². The minimum atomic E-state index is -0.272. The number of morpholine rings is 1. The SMILES string of the molecule is Cn1cc(C(NC(=O)c2ccccc2N2CCOCC2)C2CC(O)C2)cn1. The highest BCUT2D eigenvalue weighted by molar-refractivity contribution is 6.00. The van der Waals surface area contributed by atoms with Crippen molar-refractivity contribution in [2.24, 2.45) is 13.0 Å². The van der Waals surface area contributed by atoms with Gasteiger partial charge in [0.25, 0.3) is 5.91 Å². The number of ether oxygens (including phenoxy) is 1. The molecule has 1 atom stereocenters. The number of aliphatic hydroxyl groups is 1. The molecule has 2 aromatic rings. The molecule has 1 unspecified atom stereocenters. The highest BCUT2D eigenvalue weighted by Crippen LogP contribution is 2.38. The standard InChI is InChI=1S/C20H26N4O3/c1-23-13-15(12-21-23)19(14-10-16(25)11-14)22-20(26)17-4-2-3-5-18(17)24-6-8-27-9-7-24/h2-5,12-14,16,19,25H,6-11H2,1H3,(H,22,26). The second-order valence-electron chi connectivity index (χ2n) is 7.40. The van der Waals surface area contributed by atoms with Crippen LogP contribution in [0.3, 0.4) is 0 Å². The first-order valence-electron chi connectivity index (χ1n) is 9.51. The van der Waals surface area contributed by atoms with Crippen molar-refractivity contribution in [3.63, 3.8) is 0 Å². The maximum Gasteiger partial charge on any atom is 0.253 e. The number of nitrogens with one attached hydrogen (secondary N) is 1. The van der Waals surface area contributed by atoms with E-state index < -0.39 is 0 Å². The number of amides is 1. The summed E-state index contributed by atoms with van der Waals surface area (Å²) in [7, 11) is 1.87. The van der Waals surface area contributed by atoms with Crippen LogP contribution in [-0.4, -0.2) is 53.2 Å². The van der Waals surface area contributed by atoms with Gasteiger partial charge in [-0.1, -0.05) is 12.1 Å². The predicted octanol–water partition coefficient (Wildman–Crippen LogP) is 1.50. The number of hydrogen-bond acceptors (Lipinski definition) is 5. The van der Waals surface area contributed by atoms with Crippen molar-refractivity contribution >= 4 is 11.6 Å². The zero-order valence-electron chi connectivity index (χ0n) is 15.5. The van der Waals surface area contributed by atoms with E-state index in [1.807, 2.05) is 37.5 Å². The van der Waals surface area contributed by atoms with Crippen molar-refractivity contribution in [1.82, 2.24) is 15.1 Å². The van der Waals surface area contributed by atoms with Gasteiger partial charge in [-0.25, -0.2) is 0 Å². The van der Waals surface area contributed by atoms with Gasteiger partial charge in [0.2, 0.25) is 0 Å². The van der Waals surface area contributed by atoms with E-state index >= 15 is 0 Å². The number of anilines is 1. The molecule has 7 nitrogen and oxygen atoms in total. The fourth-order valence-corrected chi connectivity index (χ4v) is 3.94. The molecule has 1 saturated heterocycles. The van der Waals surface area contributed by atoms with Gasteiger partial charge < -0.3 is 20.1 Å². The summed E-state index contributed by atoms with van der Waals surface area (Å²) in [6, 6.07) is 7.57. The number of carbonyl (C=O) groups excluding carboxylic acids is 1. The number of aliphatic hydroxyl groups excluding tert-OH is 1.